The molecule has 0 bridgehead atoms. The van der Waals surface area contributed by atoms with Crippen LogP contribution in [0.4, 0.5) is 14.0 Å². The molecule has 2 aliphatic heterocycles. The van der Waals surface area contributed by atoms with Gasteiger partial charge in [0.25, 0.3) is 11.8 Å². The van der Waals surface area contributed by atoms with Gasteiger partial charge in [0, 0.05) is 50.1 Å². The molecule has 0 spiro atoms. The van der Waals surface area contributed by atoms with Crippen LogP contribution in [0.2, 0.25) is 0 Å². The Balaban J connectivity index is 1.43. The van der Waals surface area contributed by atoms with E-state index in [2.05, 4.69) is 31.6 Å². The minimum Gasteiger partial charge on any atom is -0.481 e. The Bertz CT molecular complexity index is 2030. The van der Waals surface area contributed by atoms with Crippen molar-refractivity contribution in [2.75, 3.05) is 32.9 Å². The number of piperidine rings is 2. The largest absolute Gasteiger partial charge is 0.481 e. The number of carboxylic acids is 6. The van der Waals surface area contributed by atoms with Gasteiger partial charge >= 0.3 is 47.9 Å². The van der Waals surface area contributed by atoms with Crippen molar-refractivity contribution in [3.05, 3.63) is 41.2 Å². The number of nitrogens with one attached hydrogen (secondary N) is 4. The van der Waals surface area contributed by atoms with E-state index in [1.54, 1.807) is 6.20 Å². The lowest BCUT2D eigenvalue weighted by molar-refractivity contribution is -0.142. The van der Waals surface area contributed by atoms with E-state index in [0.29, 0.717) is 37.1 Å². The highest BCUT2D eigenvalue weighted by atomic mass is 19.1. The molecule has 1 aromatic carbocycles. The molecule has 2 fully saturated rings. The van der Waals surface area contributed by atoms with Crippen LogP contribution in [0.15, 0.2) is 24.4 Å². The minimum atomic E-state index is -1.58. The Morgan fingerprint density at radius 2 is 0.985 bits per heavy atom. The molecule has 1 aromatic heterocycles. The fourth-order valence-corrected chi connectivity index (χ4v) is 7.76. The van der Waals surface area contributed by atoms with Gasteiger partial charge in [-0.05, 0) is 94.2 Å². The number of carboxylic acid groups (broad SMARTS) is 6. The summed E-state index contributed by atoms with van der Waals surface area (Å²) in [6.07, 6.45) is 1.19. The molecule has 0 aliphatic carbocycles. The molecular weight excluding hydrogens is 893 g/mol. The highest BCUT2D eigenvalue weighted by molar-refractivity contribution is 6.01. The molecule has 4 atom stereocenters. The van der Waals surface area contributed by atoms with Gasteiger partial charge in [-0.25, -0.2) is 33.4 Å². The van der Waals surface area contributed by atoms with Gasteiger partial charge in [-0.15, -0.1) is 5.10 Å². The van der Waals surface area contributed by atoms with Crippen LogP contribution < -0.4 is 21.3 Å². The number of aliphatic carboxylic acids is 6. The van der Waals surface area contributed by atoms with Gasteiger partial charge in [-0.2, -0.15) is 0 Å². The predicted molar refractivity (Wildman–Crippen MR) is 225 cm³/mol. The van der Waals surface area contributed by atoms with Crippen molar-refractivity contribution in [2.24, 2.45) is 11.8 Å². The number of likely N-dealkylation sites (tertiary alicyclic amines) is 2. The number of aryl methyl sites for hydroxylation is 1. The van der Waals surface area contributed by atoms with Crippen LogP contribution in [0.25, 0.3) is 5.69 Å². The maximum atomic E-state index is 14.1. The van der Waals surface area contributed by atoms with Gasteiger partial charge in [0.05, 0.1) is 24.3 Å². The summed E-state index contributed by atoms with van der Waals surface area (Å²) in [6.45, 7) is 0.0638. The molecule has 366 valence electrons. The van der Waals surface area contributed by atoms with Crippen molar-refractivity contribution < 1.29 is 83.0 Å². The summed E-state index contributed by atoms with van der Waals surface area (Å²) in [4.78, 5) is 125. The number of aromatic nitrogens is 3. The van der Waals surface area contributed by atoms with Gasteiger partial charge in [-0.1, -0.05) is 5.21 Å². The Kier molecular flexibility index (Phi) is 19.3. The van der Waals surface area contributed by atoms with Crippen molar-refractivity contribution in [1.29, 1.82) is 0 Å². The van der Waals surface area contributed by atoms with Crippen molar-refractivity contribution in [3.63, 3.8) is 0 Å². The Labute approximate surface area is 381 Å². The van der Waals surface area contributed by atoms with Gasteiger partial charge in [0.2, 0.25) is 0 Å². The number of carbonyl (C=O) groups is 10. The van der Waals surface area contributed by atoms with Crippen LogP contribution in [0, 0.1) is 11.8 Å². The molecule has 2 aromatic rings. The Morgan fingerprint density at radius 3 is 1.34 bits per heavy atom. The van der Waals surface area contributed by atoms with Crippen LogP contribution in [0.3, 0.4) is 0 Å². The first-order valence-corrected chi connectivity index (χ1v) is 21.4. The van der Waals surface area contributed by atoms with E-state index < -0.39 is 116 Å². The molecule has 2 saturated heterocycles. The summed E-state index contributed by atoms with van der Waals surface area (Å²) in [6, 6.07) is -3.81. The lowest BCUT2D eigenvalue weighted by Gasteiger charge is -2.34. The van der Waals surface area contributed by atoms with E-state index in [4.69, 9.17) is 10.2 Å². The van der Waals surface area contributed by atoms with Gasteiger partial charge in [0.15, 0.2) is 0 Å². The highest BCUT2D eigenvalue weighted by Gasteiger charge is 2.33. The van der Waals surface area contributed by atoms with Crippen molar-refractivity contribution >= 4 is 59.7 Å². The van der Waals surface area contributed by atoms with Crippen LogP contribution in [0.1, 0.15) is 97.0 Å². The lowest BCUT2D eigenvalue weighted by atomic mass is 9.89. The molecule has 2 aliphatic rings. The van der Waals surface area contributed by atoms with Gasteiger partial charge < -0.3 is 61.7 Å². The van der Waals surface area contributed by atoms with Crippen molar-refractivity contribution in [1.82, 2.24) is 46.1 Å². The number of hydrogen-bond acceptors (Lipinski definition) is 12. The zero-order valence-electron chi connectivity index (χ0n) is 36.2. The summed E-state index contributed by atoms with van der Waals surface area (Å²) in [5, 5.41) is 72.9. The number of hydrogen-bond donors (Lipinski definition) is 10. The number of carbonyl (C=O) groups excluding carboxylic acids is 4. The molecule has 67 heavy (non-hydrogen) atoms. The smallest absolute Gasteiger partial charge is 0.326 e. The molecule has 10 N–H and O–H groups in total. The summed E-state index contributed by atoms with van der Waals surface area (Å²) in [7, 11) is 0. The van der Waals surface area contributed by atoms with Crippen LogP contribution in [-0.4, -0.2) is 172 Å². The van der Waals surface area contributed by atoms with Gasteiger partial charge in [0.1, 0.15) is 24.2 Å². The fourth-order valence-electron chi connectivity index (χ4n) is 7.76. The van der Waals surface area contributed by atoms with E-state index in [0.717, 1.165) is 0 Å². The second-order valence-electron chi connectivity index (χ2n) is 16.3. The second-order valence-corrected chi connectivity index (χ2v) is 16.3. The Morgan fingerprint density at radius 1 is 0.597 bits per heavy atom. The molecule has 0 saturated carbocycles. The van der Waals surface area contributed by atoms with Crippen molar-refractivity contribution in [3.8, 4) is 5.69 Å². The zero-order chi connectivity index (χ0) is 49.4. The topological polar surface area (TPSA) is 377 Å². The predicted octanol–water partition coefficient (Wildman–Crippen LogP) is 0.795. The summed E-state index contributed by atoms with van der Waals surface area (Å²) < 4.78 is 14.3. The normalized spacial score (nSPS) is 16.1. The molecular formula is C41H54FN9O16. The zero-order valence-corrected chi connectivity index (χ0v) is 36.2. The first kappa shape index (κ1) is 52.2. The molecule has 3 heterocycles. The standard InChI is InChI=1S/C41H54FN9O16/c42-11-1-2-26-21-51(48-47-26)27-19-24(34(56)49-12-7-22(8-13-49)16-30(38(62)63)45-40(66)43-28(36(58)59)3-5-32(52)53)18-25(20-27)35(57)50-14-9-23(10-15-50)17-31(39(64)65)46-41(67)44-29(37(60)61)4-6-33(54)55/h18-23,28-31H,1-17H2,(H,52,53)(H,54,55)(H,58,59)(H,60,61)(H,62,63)(H,64,65)(H2,43,45,66)(H2,44,46,67)/t28-,29+,30-,31+. The summed E-state index contributed by atoms with van der Waals surface area (Å²) in [5.74, 6) is -9.87. The molecule has 0 unspecified atom stereocenters. The molecule has 4 rings (SSSR count). The maximum absolute atomic E-state index is 14.1. The second kappa shape index (κ2) is 24.8. The highest BCUT2D eigenvalue weighted by Crippen LogP contribution is 2.27. The summed E-state index contributed by atoms with van der Waals surface area (Å²) >= 11 is 0. The third-order valence-corrected chi connectivity index (χ3v) is 11.4. The molecule has 0 radical (unpaired) electrons. The maximum Gasteiger partial charge on any atom is 0.326 e. The monoisotopic (exact) mass is 947 g/mol. The van der Waals surface area contributed by atoms with E-state index in [1.807, 2.05) is 0 Å². The molecule has 6 amide bonds. The number of amides is 6. The fraction of sp³-hybridized carbons (Fsp3) is 0.561. The molecule has 26 heteroatoms. The average Bonchev–Trinajstić information content (AvgIpc) is 3.76. The van der Waals surface area contributed by atoms with Crippen molar-refractivity contribution in [2.45, 2.75) is 101 Å². The van der Waals surface area contributed by atoms with E-state index >= 15 is 0 Å². The third kappa shape index (κ3) is 16.2. The minimum absolute atomic E-state index is 0.0638. The average molecular weight is 948 g/mol. The summed E-state index contributed by atoms with van der Waals surface area (Å²) in [5.41, 5.74) is 0.967. The SMILES string of the molecule is O=C(O)CC[C@H](NC(=O)N[C@@H](CC1CCN(C(=O)c2cc(C(=O)N3CCC(C[C@@H](NC(=O)N[C@H](CCC(=O)O)C(=O)O)C(=O)O)CC3)cc(-n3cc(CCCF)nn3)c2)CC1)C(=O)O)C(=O)O. The third-order valence-electron chi connectivity index (χ3n) is 11.4. The van der Waals surface area contributed by atoms with Crippen LogP contribution in [0.5, 0.6) is 0 Å². The number of rotatable bonds is 24. The van der Waals surface area contributed by atoms with Gasteiger partial charge in [-0.3, -0.25) is 23.6 Å². The molecule has 25 nitrogen and oxygen atoms in total. The first-order chi connectivity index (χ1) is 31.7. The lowest BCUT2D eigenvalue weighted by Crippen LogP contribution is -2.52. The first-order valence-electron chi connectivity index (χ1n) is 21.4. The van der Waals surface area contributed by atoms with E-state index in [1.165, 1.54) is 32.7 Å². The number of halogens is 1. The van der Waals surface area contributed by atoms with E-state index in [9.17, 15) is 72.8 Å². The number of nitrogens with zero attached hydrogens (tertiary/aromatic N) is 5. The number of urea groups is 2. The van der Waals surface area contributed by atoms with Crippen LogP contribution >= 0.6 is 0 Å². The van der Waals surface area contributed by atoms with Crippen LogP contribution in [-0.2, 0) is 35.2 Å². The Hall–Kier alpha value is -7.41. The number of benzene rings is 1. The van der Waals surface area contributed by atoms with E-state index in [-0.39, 0.29) is 74.8 Å². The number of alkyl halides is 1. The quantitative estimate of drug-likeness (QED) is 0.0695.